The molecule has 0 spiro atoms. The fraction of sp³-hybridized carbons (Fsp3) is 0.263. The summed E-state index contributed by atoms with van der Waals surface area (Å²) in [6, 6.07) is 14.4. The molecule has 0 aliphatic rings. The Balaban J connectivity index is 2.09. The topological polar surface area (TPSA) is 93.4 Å². The van der Waals surface area contributed by atoms with Crippen molar-refractivity contribution >= 4 is 23.2 Å². The molecule has 0 aromatic heterocycles. The Morgan fingerprint density at radius 1 is 1.12 bits per heavy atom. The number of nitrogens with two attached hydrogens (primary N) is 1. The maximum absolute atomic E-state index is 12.4. The summed E-state index contributed by atoms with van der Waals surface area (Å²) in [5.74, 6) is -0.445. The Hall–Kier alpha value is -2.70. The lowest BCUT2D eigenvalue weighted by molar-refractivity contribution is -0.118. The molecule has 0 bridgehead atoms. The van der Waals surface area contributed by atoms with Gasteiger partial charge in [0, 0.05) is 30.6 Å². The van der Waals surface area contributed by atoms with E-state index in [0.29, 0.717) is 16.9 Å². The summed E-state index contributed by atoms with van der Waals surface area (Å²) >= 11 is 0. The Morgan fingerprint density at radius 3 is 2.48 bits per heavy atom. The SMILES string of the molecule is COC(CN)CC(=O)Nc1cc(C(=O)Nc2ccccc2)ccc1C. The molecule has 6 heteroatoms. The lowest BCUT2D eigenvalue weighted by Gasteiger charge is -2.14. The number of hydrogen-bond acceptors (Lipinski definition) is 4. The van der Waals surface area contributed by atoms with Crippen LogP contribution in [-0.4, -0.2) is 31.6 Å². The second kappa shape index (κ2) is 8.96. The number of carbonyl (C=O) groups is 2. The molecule has 0 heterocycles. The van der Waals surface area contributed by atoms with Crippen LogP contribution in [0, 0.1) is 6.92 Å². The molecule has 2 amide bonds. The van der Waals surface area contributed by atoms with Crippen molar-refractivity contribution in [2.45, 2.75) is 19.4 Å². The van der Waals surface area contributed by atoms with E-state index in [1.165, 1.54) is 7.11 Å². The predicted molar refractivity (Wildman–Crippen MR) is 98.7 cm³/mol. The molecular weight excluding hydrogens is 318 g/mol. The first kappa shape index (κ1) is 18.6. The molecule has 4 N–H and O–H groups in total. The van der Waals surface area contributed by atoms with Gasteiger partial charge in [0.05, 0.1) is 12.5 Å². The van der Waals surface area contributed by atoms with Crippen molar-refractivity contribution in [2.75, 3.05) is 24.3 Å². The largest absolute Gasteiger partial charge is 0.380 e. The molecule has 0 saturated heterocycles. The van der Waals surface area contributed by atoms with Crippen LogP contribution in [0.4, 0.5) is 11.4 Å². The van der Waals surface area contributed by atoms with Crippen molar-refractivity contribution < 1.29 is 14.3 Å². The molecule has 0 fully saturated rings. The summed E-state index contributed by atoms with van der Waals surface area (Å²) in [5, 5.41) is 5.63. The van der Waals surface area contributed by atoms with E-state index >= 15 is 0 Å². The van der Waals surface area contributed by atoms with Crippen LogP contribution in [0.5, 0.6) is 0 Å². The average Bonchev–Trinajstić information content (AvgIpc) is 2.62. The van der Waals surface area contributed by atoms with Crippen molar-refractivity contribution in [1.82, 2.24) is 0 Å². The molecule has 0 aliphatic carbocycles. The Kier molecular flexibility index (Phi) is 6.68. The number of methoxy groups -OCH3 is 1. The van der Waals surface area contributed by atoms with E-state index in [9.17, 15) is 9.59 Å². The van der Waals surface area contributed by atoms with E-state index in [1.807, 2.05) is 37.3 Å². The van der Waals surface area contributed by atoms with Crippen LogP contribution in [0.15, 0.2) is 48.5 Å². The number of benzene rings is 2. The highest BCUT2D eigenvalue weighted by Crippen LogP contribution is 2.19. The second-order valence-corrected chi connectivity index (χ2v) is 5.70. The van der Waals surface area contributed by atoms with Gasteiger partial charge in [-0.05, 0) is 36.8 Å². The Bertz CT molecular complexity index is 728. The van der Waals surface area contributed by atoms with E-state index in [2.05, 4.69) is 10.6 Å². The number of amides is 2. The molecule has 2 rings (SSSR count). The molecule has 25 heavy (non-hydrogen) atoms. The Morgan fingerprint density at radius 2 is 1.84 bits per heavy atom. The third-order valence-electron chi connectivity index (χ3n) is 3.81. The number of para-hydroxylation sites is 1. The van der Waals surface area contributed by atoms with Crippen LogP contribution in [-0.2, 0) is 9.53 Å². The third-order valence-corrected chi connectivity index (χ3v) is 3.81. The van der Waals surface area contributed by atoms with Crippen LogP contribution < -0.4 is 16.4 Å². The van der Waals surface area contributed by atoms with E-state index < -0.39 is 0 Å². The van der Waals surface area contributed by atoms with Gasteiger partial charge >= 0.3 is 0 Å². The van der Waals surface area contributed by atoms with Gasteiger partial charge < -0.3 is 21.1 Å². The molecule has 0 radical (unpaired) electrons. The first-order valence-electron chi connectivity index (χ1n) is 8.03. The lowest BCUT2D eigenvalue weighted by Crippen LogP contribution is -2.28. The van der Waals surface area contributed by atoms with Crippen molar-refractivity contribution in [3.63, 3.8) is 0 Å². The maximum Gasteiger partial charge on any atom is 0.255 e. The summed E-state index contributed by atoms with van der Waals surface area (Å²) in [4.78, 5) is 24.5. The number of aryl methyl sites for hydroxylation is 1. The molecule has 0 saturated carbocycles. The highest BCUT2D eigenvalue weighted by Gasteiger charge is 2.14. The van der Waals surface area contributed by atoms with E-state index in [1.54, 1.807) is 18.2 Å². The van der Waals surface area contributed by atoms with Gasteiger partial charge in [-0.2, -0.15) is 0 Å². The summed E-state index contributed by atoms with van der Waals surface area (Å²) < 4.78 is 5.12. The fourth-order valence-corrected chi connectivity index (χ4v) is 2.29. The minimum absolute atomic E-state index is 0.160. The molecule has 6 nitrogen and oxygen atoms in total. The number of anilines is 2. The first-order valence-corrected chi connectivity index (χ1v) is 8.03. The van der Waals surface area contributed by atoms with Gasteiger partial charge in [-0.1, -0.05) is 24.3 Å². The lowest BCUT2D eigenvalue weighted by atomic mass is 10.1. The smallest absolute Gasteiger partial charge is 0.255 e. The minimum Gasteiger partial charge on any atom is -0.380 e. The summed E-state index contributed by atoms with van der Waals surface area (Å²) in [5.41, 5.74) is 8.17. The number of rotatable bonds is 7. The van der Waals surface area contributed by atoms with E-state index in [-0.39, 0.29) is 30.9 Å². The average molecular weight is 341 g/mol. The van der Waals surface area contributed by atoms with Gasteiger partial charge in [-0.3, -0.25) is 9.59 Å². The summed E-state index contributed by atoms with van der Waals surface area (Å²) in [6.45, 7) is 2.13. The molecule has 2 aromatic rings. The monoisotopic (exact) mass is 341 g/mol. The zero-order valence-electron chi connectivity index (χ0n) is 14.4. The van der Waals surface area contributed by atoms with Crippen molar-refractivity contribution in [3.8, 4) is 0 Å². The molecule has 1 unspecified atom stereocenters. The number of nitrogens with one attached hydrogen (secondary N) is 2. The van der Waals surface area contributed by atoms with Gasteiger partial charge in [0.2, 0.25) is 5.91 Å². The molecule has 132 valence electrons. The van der Waals surface area contributed by atoms with Gasteiger partial charge in [-0.25, -0.2) is 0 Å². The zero-order valence-corrected chi connectivity index (χ0v) is 14.4. The molecule has 2 aromatic carbocycles. The highest BCUT2D eigenvalue weighted by molar-refractivity contribution is 6.05. The first-order chi connectivity index (χ1) is 12.0. The quantitative estimate of drug-likeness (QED) is 0.721. The van der Waals surface area contributed by atoms with Crippen LogP contribution in [0.25, 0.3) is 0 Å². The van der Waals surface area contributed by atoms with E-state index in [0.717, 1.165) is 5.56 Å². The number of hydrogen-bond donors (Lipinski definition) is 3. The zero-order chi connectivity index (χ0) is 18.2. The number of carbonyl (C=O) groups excluding carboxylic acids is 2. The normalized spacial score (nSPS) is 11.6. The van der Waals surface area contributed by atoms with Crippen LogP contribution >= 0.6 is 0 Å². The predicted octanol–water partition coefficient (Wildman–Crippen LogP) is 2.55. The minimum atomic E-state index is -0.329. The van der Waals surface area contributed by atoms with Gasteiger partial charge in [0.15, 0.2) is 0 Å². The third kappa shape index (κ3) is 5.41. The molecule has 1 atom stereocenters. The van der Waals surface area contributed by atoms with Gasteiger partial charge in [0.1, 0.15) is 0 Å². The maximum atomic E-state index is 12.4. The number of ether oxygens (including phenoxy) is 1. The highest BCUT2D eigenvalue weighted by atomic mass is 16.5. The van der Waals surface area contributed by atoms with E-state index in [4.69, 9.17) is 10.5 Å². The summed E-state index contributed by atoms with van der Waals surface area (Å²) in [7, 11) is 1.52. The second-order valence-electron chi connectivity index (χ2n) is 5.70. The molecular formula is C19H23N3O3. The van der Waals surface area contributed by atoms with Gasteiger partial charge in [0.25, 0.3) is 5.91 Å². The van der Waals surface area contributed by atoms with Gasteiger partial charge in [-0.15, -0.1) is 0 Å². The fourth-order valence-electron chi connectivity index (χ4n) is 2.29. The standard InChI is InChI=1S/C19H23N3O3/c1-13-8-9-14(19(24)21-15-6-4-3-5-7-15)10-17(13)22-18(23)11-16(12-20)25-2/h3-10,16H,11-12,20H2,1-2H3,(H,21,24)(H,22,23). The van der Waals surface area contributed by atoms with Crippen LogP contribution in [0.1, 0.15) is 22.3 Å². The van der Waals surface area contributed by atoms with Crippen molar-refractivity contribution in [1.29, 1.82) is 0 Å². The summed E-state index contributed by atoms with van der Waals surface area (Å²) in [6.07, 6.45) is -0.169. The van der Waals surface area contributed by atoms with Crippen LogP contribution in [0.3, 0.4) is 0 Å². The van der Waals surface area contributed by atoms with Crippen molar-refractivity contribution in [3.05, 3.63) is 59.7 Å². The van der Waals surface area contributed by atoms with Crippen molar-refractivity contribution in [2.24, 2.45) is 5.73 Å². The van der Waals surface area contributed by atoms with Crippen LogP contribution in [0.2, 0.25) is 0 Å². The molecule has 0 aliphatic heterocycles. The Labute approximate surface area is 147 Å².